The first-order valence-corrected chi connectivity index (χ1v) is 7.53. The molecular formula is C18H18FN3. The average molecular weight is 295 g/mol. The zero-order valence-corrected chi connectivity index (χ0v) is 12.5. The largest absolute Gasteiger partial charge is 0.308 e. The molecule has 2 aromatic carbocycles. The molecule has 22 heavy (non-hydrogen) atoms. The van der Waals surface area contributed by atoms with Gasteiger partial charge in [0.2, 0.25) is 5.95 Å². The zero-order chi connectivity index (χ0) is 15.4. The van der Waals surface area contributed by atoms with Gasteiger partial charge in [-0.1, -0.05) is 37.6 Å². The minimum absolute atomic E-state index is 0.243. The van der Waals surface area contributed by atoms with Crippen molar-refractivity contribution in [3.8, 4) is 0 Å². The lowest BCUT2D eigenvalue weighted by Gasteiger charge is -2.04. The number of halogens is 1. The van der Waals surface area contributed by atoms with Crippen molar-refractivity contribution in [2.75, 3.05) is 0 Å². The summed E-state index contributed by atoms with van der Waals surface area (Å²) in [6.07, 6.45) is 3.93. The summed E-state index contributed by atoms with van der Waals surface area (Å²) in [4.78, 5) is 9.09. The molecule has 4 heteroatoms. The summed E-state index contributed by atoms with van der Waals surface area (Å²) >= 11 is 0. The third kappa shape index (κ3) is 3.06. The first kappa shape index (κ1) is 14.4. The predicted octanol–water partition coefficient (Wildman–Crippen LogP) is 4.73. The maximum absolute atomic E-state index is 12.9. The van der Waals surface area contributed by atoms with Crippen LogP contribution in [0.3, 0.4) is 0 Å². The number of aliphatic imine (C=N–C) groups is 1. The maximum Gasteiger partial charge on any atom is 0.230 e. The van der Waals surface area contributed by atoms with Crippen LogP contribution in [0.5, 0.6) is 0 Å². The standard InChI is InChI=1S/C18H18FN3/c1-2-3-12-22-17-7-5-4-6-16(17)21-18(22)20-13-14-8-10-15(19)11-9-14/h4-11,13H,2-3,12H2,1H3. The van der Waals surface area contributed by atoms with Crippen LogP contribution in [-0.2, 0) is 6.54 Å². The van der Waals surface area contributed by atoms with E-state index in [1.165, 1.54) is 12.1 Å². The minimum Gasteiger partial charge on any atom is -0.308 e. The van der Waals surface area contributed by atoms with Crippen molar-refractivity contribution < 1.29 is 4.39 Å². The maximum atomic E-state index is 12.9. The number of fused-ring (bicyclic) bond motifs is 1. The Hall–Kier alpha value is -2.49. The number of imidazole rings is 1. The molecule has 3 rings (SSSR count). The second kappa shape index (κ2) is 6.52. The van der Waals surface area contributed by atoms with Crippen molar-refractivity contribution in [1.82, 2.24) is 9.55 Å². The van der Waals surface area contributed by atoms with E-state index in [0.29, 0.717) is 5.95 Å². The zero-order valence-electron chi connectivity index (χ0n) is 12.5. The van der Waals surface area contributed by atoms with Gasteiger partial charge in [-0.15, -0.1) is 0 Å². The number of unbranched alkanes of at least 4 members (excludes halogenated alkanes) is 1. The summed E-state index contributed by atoms with van der Waals surface area (Å²) in [7, 11) is 0. The van der Waals surface area contributed by atoms with E-state index >= 15 is 0 Å². The van der Waals surface area contributed by atoms with E-state index in [2.05, 4.69) is 27.5 Å². The molecule has 1 heterocycles. The van der Waals surface area contributed by atoms with Crippen LogP contribution in [0, 0.1) is 5.82 Å². The van der Waals surface area contributed by atoms with Crippen molar-refractivity contribution in [3.05, 3.63) is 59.9 Å². The Morgan fingerprint density at radius 3 is 2.68 bits per heavy atom. The summed E-state index contributed by atoms with van der Waals surface area (Å²) in [6.45, 7) is 3.06. The van der Waals surface area contributed by atoms with Crippen LogP contribution in [0.2, 0.25) is 0 Å². The molecule has 0 aliphatic rings. The van der Waals surface area contributed by atoms with Crippen molar-refractivity contribution >= 4 is 23.2 Å². The summed E-state index contributed by atoms with van der Waals surface area (Å²) in [5, 5.41) is 0. The molecule has 0 aliphatic heterocycles. The number of aromatic nitrogens is 2. The van der Waals surface area contributed by atoms with Crippen LogP contribution < -0.4 is 0 Å². The molecule has 0 unspecified atom stereocenters. The Morgan fingerprint density at radius 2 is 1.91 bits per heavy atom. The van der Waals surface area contributed by atoms with Gasteiger partial charge in [0, 0.05) is 12.8 Å². The molecule has 0 aliphatic carbocycles. The van der Waals surface area contributed by atoms with Gasteiger partial charge in [0.15, 0.2) is 0 Å². The fourth-order valence-electron chi connectivity index (χ4n) is 2.38. The molecule has 0 N–H and O–H groups in total. The second-order valence-corrected chi connectivity index (χ2v) is 5.22. The fourth-order valence-corrected chi connectivity index (χ4v) is 2.38. The van der Waals surface area contributed by atoms with Gasteiger partial charge in [-0.05, 0) is 36.2 Å². The topological polar surface area (TPSA) is 30.2 Å². The van der Waals surface area contributed by atoms with Gasteiger partial charge in [0.05, 0.1) is 11.0 Å². The lowest BCUT2D eigenvalue weighted by Crippen LogP contribution is -1.97. The normalized spacial score (nSPS) is 11.5. The molecular weight excluding hydrogens is 277 g/mol. The summed E-state index contributed by atoms with van der Waals surface area (Å²) < 4.78 is 15.1. The Balaban J connectivity index is 1.96. The number of rotatable bonds is 5. The Bertz CT molecular complexity index is 788. The van der Waals surface area contributed by atoms with Gasteiger partial charge >= 0.3 is 0 Å². The summed E-state index contributed by atoms with van der Waals surface area (Å²) in [5.74, 6) is 0.450. The highest BCUT2D eigenvalue weighted by Crippen LogP contribution is 2.22. The van der Waals surface area contributed by atoms with E-state index in [1.54, 1.807) is 18.3 Å². The van der Waals surface area contributed by atoms with Crippen LogP contribution >= 0.6 is 0 Å². The number of hydrogen-bond donors (Lipinski definition) is 0. The minimum atomic E-state index is -0.243. The smallest absolute Gasteiger partial charge is 0.230 e. The Kier molecular flexibility index (Phi) is 4.28. The molecule has 0 atom stereocenters. The van der Waals surface area contributed by atoms with Crippen molar-refractivity contribution in [2.45, 2.75) is 26.3 Å². The molecule has 3 nitrogen and oxygen atoms in total. The van der Waals surface area contributed by atoms with Gasteiger partial charge in [-0.3, -0.25) is 0 Å². The van der Waals surface area contributed by atoms with Gasteiger partial charge < -0.3 is 4.57 Å². The fraction of sp³-hybridized carbons (Fsp3) is 0.222. The molecule has 0 bridgehead atoms. The summed E-state index contributed by atoms with van der Waals surface area (Å²) in [6, 6.07) is 14.3. The van der Waals surface area contributed by atoms with Gasteiger partial charge in [0.1, 0.15) is 5.82 Å². The molecule has 1 aromatic heterocycles. The average Bonchev–Trinajstić information content (AvgIpc) is 2.90. The molecule has 0 radical (unpaired) electrons. The highest BCUT2D eigenvalue weighted by Gasteiger charge is 2.08. The molecule has 0 saturated heterocycles. The van der Waals surface area contributed by atoms with E-state index < -0.39 is 0 Å². The Labute approximate surface area is 129 Å². The predicted molar refractivity (Wildman–Crippen MR) is 88.3 cm³/mol. The monoisotopic (exact) mass is 295 g/mol. The quantitative estimate of drug-likeness (QED) is 0.626. The molecule has 112 valence electrons. The molecule has 0 amide bonds. The number of benzene rings is 2. The number of nitrogens with zero attached hydrogens (tertiary/aromatic N) is 3. The van der Waals surface area contributed by atoms with Crippen LogP contribution in [0.1, 0.15) is 25.3 Å². The first-order chi connectivity index (χ1) is 10.8. The molecule has 0 spiro atoms. The first-order valence-electron chi connectivity index (χ1n) is 7.53. The van der Waals surface area contributed by atoms with Gasteiger partial charge in [-0.2, -0.15) is 0 Å². The molecule has 0 saturated carbocycles. The highest BCUT2D eigenvalue weighted by molar-refractivity contribution is 5.83. The number of para-hydroxylation sites is 2. The third-order valence-corrected chi connectivity index (χ3v) is 3.57. The lowest BCUT2D eigenvalue weighted by atomic mass is 10.2. The van der Waals surface area contributed by atoms with Crippen LogP contribution in [0.15, 0.2) is 53.5 Å². The van der Waals surface area contributed by atoms with E-state index in [9.17, 15) is 4.39 Å². The van der Waals surface area contributed by atoms with Crippen LogP contribution in [-0.4, -0.2) is 15.8 Å². The molecule has 0 fully saturated rings. The number of aryl methyl sites for hydroxylation is 1. The second-order valence-electron chi connectivity index (χ2n) is 5.22. The van der Waals surface area contributed by atoms with Crippen molar-refractivity contribution in [3.63, 3.8) is 0 Å². The lowest BCUT2D eigenvalue weighted by molar-refractivity contribution is 0.628. The van der Waals surface area contributed by atoms with Crippen LogP contribution in [0.4, 0.5) is 10.3 Å². The Morgan fingerprint density at radius 1 is 1.14 bits per heavy atom. The van der Waals surface area contributed by atoms with Gasteiger partial charge in [0.25, 0.3) is 0 Å². The van der Waals surface area contributed by atoms with Crippen molar-refractivity contribution in [1.29, 1.82) is 0 Å². The van der Waals surface area contributed by atoms with E-state index in [0.717, 1.165) is 36.0 Å². The number of hydrogen-bond acceptors (Lipinski definition) is 2. The van der Waals surface area contributed by atoms with Gasteiger partial charge in [-0.25, -0.2) is 14.4 Å². The summed E-state index contributed by atoms with van der Waals surface area (Å²) in [5.41, 5.74) is 2.91. The van der Waals surface area contributed by atoms with E-state index in [4.69, 9.17) is 0 Å². The highest BCUT2D eigenvalue weighted by atomic mass is 19.1. The van der Waals surface area contributed by atoms with Crippen molar-refractivity contribution in [2.24, 2.45) is 4.99 Å². The molecule has 3 aromatic rings. The van der Waals surface area contributed by atoms with E-state index in [-0.39, 0.29) is 5.82 Å². The SMILES string of the molecule is CCCCn1c(N=Cc2ccc(F)cc2)nc2ccccc21. The third-order valence-electron chi connectivity index (χ3n) is 3.57. The van der Waals surface area contributed by atoms with E-state index in [1.807, 2.05) is 18.2 Å². The van der Waals surface area contributed by atoms with Crippen LogP contribution in [0.25, 0.3) is 11.0 Å².